The minimum atomic E-state index is -5.21. The van der Waals surface area contributed by atoms with Crippen molar-refractivity contribution in [3.05, 3.63) is 22.5 Å². The number of ether oxygens (including phenoxy) is 1. The van der Waals surface area contributed by atoms with Crippen molar-refractivity contribution in [2.24, 2.45) is 0 Å². The summed E-state index contributed by atoms with van der Waals surface area (Å²) in [6.07, 6.45) is -10.9. The zero-order chi connectivity index (χ0) is 14.8. The lowest BCUT2D eigenvalue weighted by Gasteiger charge is -2.15. The molecule has 104 valence electrons. The van der Waals surface area contributed by atoms with E-state index < -0.39 is 41.1 Å². The predicted molar refractivity (Wildman–Crippen MR) is 50.2 cm³/mol. The summed E-state index contributed by atoms with van der Waals surface area (Å²) in [5, 5.41) is 7.54. The summed E-state index contributed by atoms with van der Waals surface area (Å²) in [4.78, 5) is 2.90. The van der Waals surface area contributed by atoms with Gasteiger partial charge >= 0.3 is 12.5 Å². The maximum absolute atomic E-state index is 12.4. The van der Waals surface area contributed by atoms with Crippen LogP contribution in [-0.2, 0) is 12.6 Å². The third kappa shape index (κ3) is 4.17. The largest absolute Gasteiger partial charge is 0.573 e. The number of aromatic nitrogens is 1. The van der Waals surface area contributed by atoms with Crippen LogP contribution in [0.1, 0.15) is 11.3 Å². The number of nitriles is 1. The van der Waals surface area contributed by atoms with Crippen molar-refractivity contribution >= 4 is 11.6 Å². The van der Waals surface area contributed by atoms with E-state index in [2.05, 4.69) is 9.72 Å². The number of halogens is 7. The molecule has 0 radical (unpaired) electrons. The Kier molecular flexibility index (Phi) is 4.15. The van der Waals surface area contributed by atoms with Crippen LogP contribution >= 0.6 is 11.6 Å². The van der Waals surface area contributed by atoms with Gasteiger partial charge in [0.05, 0.1) is 12.5 Å². The average Bonchev–Trinajstić information content (AvgIpc) is 2.19. The van der Waals surface area contributed by atoms with Crippen molar-refractivity contribution in [3.63, 3.8) is 0 Å². The molecule has 0 aromatic carbocycles. The molecule has 0 amide bonds. The van der Waals surface area contributed by atoms with Gasteiger partial charge in [-0.05, 0) is 0 Å². The van der Waals surface area contributed by atoms with Crippen LogP contribution in [0.2, 0.25) is 5.15 Å². The second-order valence-electron chi connectivity index (χ2n) is 3.16. The lowest BCUT2D eigenvalue weighted by atomic mass is 10.2. The van der Waals surface area contributed by atoms with Gasteiger partial charge in [-0.15, -0.1) is 13.2 Å². The fraction of sp³-hybridized carbons (Fsp3) is 0.333. The highest BCUT2D eigenvalue weighted by atomic mass is 35.5. The monoisotopic (exact) mass is 304 g/mol. The summed E-state index contributed by atoms with van der Waals surface area (Å²) < 4.78 is 76.8. The number of hydrogen-bond acceptors (Lipinski definition) is 3. The lowest BCUT2D eigenvalue weighted by molar-refractivity contribution is -0.275. The molecule has 3 nitrogen and oxygen atoms in total. The maximum atomic E-state index is 12.4. The Hall–Kier alpha value is -1.69. The number of alkyl halides is 6. The van der Waals surface area contributed by atoms with Gasteiger partial charge in [0, 0.05) is 11.6 Å². The molecule has 0 unspecified atom stereocenters. The topological polar surface area (TPSA) is 45.9 Å². The molecule has 0 fully saturated rings. The molecule has 0 N–H and O–H groups in total. The normalized spacial score (nSPS) is 12.1. The van der Waals surface area contributed by atoms with Crippen LogP contribution < -0.4 is 4.74 Å². The standard InChI is InChI=1S/C9H3ClF6N2O/c10-7-4(1-2-17)5(19-9(14,15)16)3-6(18-7)8(11,12)13/h3H,1H2. The van der Waals surface area contributed by atoms with E-state index in [0.717, 1.165) is 0 Å². The zero-order valence-electron chi connectivity index (χ0n) is 8.73. The van der Waals surface area contributed by atoms with Gasteiger partial charge in [0.15, 0.2) is 0 Å². The van der Waals surface area contributed by atoms with Crippen molar-refractivity contribution in [2.45, 2.75) is 19.0 Å². The molecule has 0 saturated carbocycles. The molecule has 1 aromatic rings. The second kappa shape index (κ2) is 5.13. The third-order valence-electron chi connectivity index (χ3n) is 1.80. The number of hydrogen-bond donors (Lipinski definition) is 0. The van der Waals surface area contributed by atoms with Gasteiger partial charge in [-0.2, -0.15) is 18.4 Å². The van der Waals surface area contributed by atoms with Crippen LogP contribution in [-0.4, -0.2) is 11.3 Å². The molecule has 0 bridgehead atoms. The smallest absolute Gasteiger partial charge is 0.405 e. The first-order chi connectivity index (χ1) is 8.54. The molecule has 0 atom stereocenters. The van der Waals surface area contributed by atoms with Crippen molar-refractivity contribution in [1.29, 1.82) is 5.26 Å². The van der Waals surface area contributed by atoms with E-state index in [1.165, 1.54) is 6.07 Å². The van der Waals surface area contributed by atoms with Gasteiger partial charge in [-0.25, -0.2) is 4.98 Å². The Labute approximate surface area is 107 Å². The highest BCUT2D eigenvalue weighted by Gasteiger charge is 2.37. The molecule has 19 heavy (non-hydrogen) atoms. The van der Waals surface area contributed by atoms with Crippen molar-refractivity contribution in [3.8, 4) is 11.8 Å². The SMILES string of the molecule is N#CCc1c(OC(F)(F)F)cc(C(F)(F)F)nc1Cl. The molecular formula is C9H3ClF6N2O. The molecule has 0 spiro atoms. The summed E-state index contributed by atoms with van der Waals surface area (Å²) in [5.41, 5.74) is -2.20. The molecule has 10 heteroatoms. The molecule has 0 aliphatic rings. The Morgan fingerprint density at radius 2 is 1.84 bits per heavy atom. The summed E-state index contributed by atoms with van der Waals surface area (Å²) in [7, 11) is 0. The average molecular weight is 305 g/mol. The predicted octanol–water partition coefficient (Wildman–Crippen LogP) is 3.72. The van der Waals surface area contributed by atoms with Gasteiger partial charge in [0.1, 0.15) is 16.6 Å². The molecule has 0 aliphatic heterocycles. The number of pyridine rings is 1. The van der Waals surface area contributed by atoms with E-state index in [-0.39, 0.29) is 6.07 Å². The van der Waals surface area contributed by atoms with E-state index in [4.69, 9.17) is 16.9 Å². The van der Waals surface area contributed by atoms with Crippen molar-refractivity contribution in [2.75, 3.05) is 0 Å². The first-order valence-corrected chi connectivity index (χ1v) is 4.81. The third-order valence-corrected chi connectivity index (χ3v) is 2.12. The van der Waals surface area contributed by atoms with Crippen molar-refractivity contribution < 1.29 is 31.1 Å². The number of rotatable bonds is 2. The fourth-order valence-corrected chi connectivity index (χ4v) is 1.37. The molecule has 1 heterocycles. The second-order valence-corrected chi connectivity index (χ2v) is 3.51. The molecule has 0 saturated heterocycles. The molecule has 1 aromatic heterocycles. The Balaban J connectivity index is 3.38. The minimum absolute atomic E-state index is 0.0477. The van der Waals surface area contributed by atoms with Crippen molar-refractivity contribution in [1.82, 2.24) is 4.98 Å². The summed E-state index contributed by atoms with van der Waals surface area (Å²) in [5.74, 6) is -1.19. The van der Waals surface area contributed by atoms with Gasteiger partial charge in [-0.3, -0.25) is 0 Å². The molecule has 1 rings (SSSR count). The van der Waals surface area contributed by atoms with Crippen LogP contribution in [0.15, 0.2) is 6.07 Å². The van der Waals surface area contributed by atoms with E-state index in [1.807, 2.05) is 0 Å². The minimum Gasteiger partial charge on any atom is -0.405 e. The Bertz CT molecular complexity index is 519. The highest BCUT2D eigenvalue weighted by molar-refractivity contribution is 6.30. The highest BCUT2D eigenvalue weighted by Crippen LogP contribution is 2.36. The van der Waals surface area contributed by atoms with E-state index in [0.29, 0.717) is 0 Å². The molecule has 0 aliphatic carbocycles. The number of nitrogens with zero attached hydrogens (tertiary/aromatic N) is 2. The van der Waals surface area contributed by atoms with Crippen LogP contribution in [0.4, 0.5) is 26.3 Å². The van der Waals surface area contributed by atoms with E-state index in [9.17, 15) is 26.3 Å². The van der Waals surface area contributed by atoms with E-state index >= 15 is 0 Å². The summed E-state index contributed by atoms with van der Waals surface area (Å²) >= 11 is 5.34. The quantitative estimate of drug-likeness (QED) is 0.618. The van der Waals surface area contributed by atoms with Crippen LogP contribution in [0.25, 0.3) is 0 Å². The van der Waals surface area contributed by atoms with Gasteiger partial charge in [0.25, 0.3) is 0 Å². The Morgan fingerprint density at radius 1 is 1.26 bits per heavy atom. The van der Waals surface area contributed by atoms with Crippen LogP contribution in [0.3, 0.4) is 0 Å². The summed E-state index contributed by atoms with van der Waals surface area (Å²) in [6, 6.07) is 1.50. The first-order valence-electron chi connectivity index (χ1n) is 4.44. The zero-order valence-corrected chi connectivity index (χ0v) is 9.49. The maximum Gasteiger partial charge on any atom is 0.573 e. The lowest BCUT2D eigenvalue weighted by Crippen LogP contribution is -2.19. The van der Waals surface area contributed by atoms with E-state index in [1.54, 1.807) is 0 Å². The fourth-order valence-electron chi connectivity index (χ4n) is 1.12. The van der Waals surface area contributed by atoms with Gasteiger partial charge in [0.2, 0.25) is 0 Å². The summed E-state index contributed by atoms with van der Waals surface area (Å²) in [6.45, 7) is 0. The van der Waals surface area contributed by atoms with Gasteiger partial charge < -0.3 is 4.74 Å². The van der Waals surface area contributed by atoms with Crippen LogP contribution in [0, 0.1) is 11.3 Å². The Morgan fingerprint density at radius 3 is 2.26 bits per heavy atom. The van der Waals surface area contributed by atoms with Gasteiger partial charge in [-0.1, -0.05) is 11.6 Å². The molecular weight excluding hydrogens is 302 g/mol. The first kappa shape index (κ1) is 15.4. The van der Waals surface area contributed by atoms with Crippen LogP contribution in [0.5, 0.6) is 5.75 Å².